The van der Waals surface area contributed by atoms with Crippen LogP contribution in [0.2, 0.25) is 0 Å². The zero-order valence-electron chi connectivity index (χ0n) is 21.2. The van der Waals surface area contributed by atoms with Crippen LogP contribution in [0.4, 0.5) is 11.4 Å². The number of ether oxygens (including phenoxy) is 3. The molecule has 0 aromatic heterocycles. The smallest absolute Gasteiger partial charge is 0.243 e. The fourth-order valence-corrected chi connectivity index (χ4v) is 5.87. The molecule has 0 bridgehead atoms. The average Bonchev–Trinajstić information content (AvgIpc) is 2.90. The molecule has 36 heavy (non-hydrogen) atoms. The van der Waals surface area contributed by atoms with Crippen molar-refractivity contribution in [2.45, 2.75) is 39.8 Å². The van der Waals surface area contributed by atoms with Crippen molar-refractivity contribution in [1.29, 1.82) is 0 Å². The van der Waals surface area contributed by atoms with Gasteiger partial charge in [0.1, 0.15) is 17.5 Å². The van der Waals surface area contributed by atoms with Crippen LogP contribution in [0.3, 0.4) is 0 Å². The molecule has 2 heterocycles. The van der Waals surface area contributed by atoms with Crippen LogP contribution in [0.5, 0.6) is 11.5 Å². The zero-order chi connectivity index (χ0) is 25.7. The number of carbonyl (C=O) groups is 1. The van der Waals surface area contributed by atoms with Gasteiger partial charge < -0.3 is 24.4 Å². The second kappa shape index (κ2) is 11.5. The third-order valence-corrected chi connectivity index (χ3v) is 8.33. The molecular formula is C26H35N3O6S. The summed E-state index contributed by atoms with van der Waals surface area (Å²) in [7, 11) is -3.61. The minimum absolute atomic E-state index is 0.0775. The molecule has 1 N–H and O–H groups in total. The summed E-state index contributed by atoms with van der Waals surface area (Å²) in [5.74, 6) is 0.664. The maximum Gasteiger partial charge on any atom is 0.243 e. The molecule has 196 valence electrons. The first-order valence-corrected chi connectivity index (χ1v) is 14.1. The van der Waals surface area contributed by atoms with Crippen LogP contribution < -0.4 is 19.7 Å². The number of benzene rings is 2. The zero-order valence-corrected chi connectivity index (χ0v) is 22.0. The minimum atomic E-state index is -3.61. The van der Waals surface area contributed by atoms with Gasteiger partial charge in [0.05, 0.1) is 43.6 Å². The Balaban J connectivity index is 1.68. The highest BCUT2D eigenvalue weighted by Crippen LogP contribution is 2.40. The molecule has 1 fully saturated rings. The molecule has 0 radical (unpaired) electrons. The molecule has 10 heteroatoms. The van der Waals surface area contributed by atoms with Gasteiger partial charge in [-0.3, -0.25) is 4.79 Å². The van der Waals surface area contributed by atoms with Crippen molar-refractivity contribution in [1.82, 2.24) is 4.31 Å². The Bertz CT molecular complexity index is 1180. The van der Waals surface area contributed by atoms with Gasteiger partial charge in [-0.2, -0.15) is 4.31 Å². The lowest BCUT2D eigenvalue weighted by Crippen LogP contribution is -2.51. The highest BCUT2D eigenvalue weighted by molar-refractivity contribution is 7.89. The summed E-state index contributed by atoms with van der Waals surface area (Å²) in [6.45, 7) is 9.12. The number of sulfonamides is 1. The molecule has 2 aliphatic heterocycles. The van der Waals surface area contributed by atoms with E-state index in [2.05, 4.69) is 10.2 Å². The molecule has 1 saturated heterocycles. The number of fused-ring (bicyclic) bond motifs is 1. The Morgan fingerprint density at radius 2 is 1.69 bits per heavy atom. The summed E-state index contributed by atoms with van der Waals surface area (Å²) in [5, 5.41) is 2.96. The van der Waals surface area contributed by atoms with Crippen LogP contribution in [0.25, 0.3) is 0 Å². The standard InChI is InChI=1S/C26H35N3O6S/c1-4-34-24-17-22(28-11-13-33-14-12-28)25(35-5-2)16-21(24)27-26(30)23-15-19-9-7-8-10-20(19)18-29(23)36(31,32)6-3/h7-10,16-17,23H,4-6,11-15,18H2,1-3H3,(H,27,30). The van der Waals surface area contributed by atoms with E-state index in [1.807, 2.05) is 44.2 Å². The Hall–Kier alpha value is -2.82. The van der Waals surface area contributed by atoms with E-state index in [1.165, 1.54) is 4.31 Å². The van der Waals surface area contributed by atoms with Crippen LogP contribution in [0.1, 0.15) is 31.9 Å². The number of amides is 1. The van der Waals surface area contributed by atoms with E-state index >= 15 is 0 Å². The number of rotatable bonds is 9. The number of nitrogens with zero attached hydrogens (tertiary/aromatic N) is 2. The molecule has 0 saturated carbocycles. The second-order valence-electron chi connectivity index (χ2n) is 8.71. The maximum atomic E-state index is 13.6. The highest BCUT2D eigenvalue weighted by Gasteiger charge is 2.38. The summed E-state index contributed by atoms with van der Waals surface area (Å²) < 4.78 is 44.5. The van der Waals surface area contributed by atoms with E-state index in [-0.39, 0.29) is 12.3 Å². The van der Waals surface area contributed by atoms with Gasteiger partial charge >= 0.3 is 0 Å². The van der Waals surface area contributed by atoms with Gasteiger partial charge in [-0.1, -0.05) is 24.3 Å². The number of hydrogen-bond donors (Lipinski definition) is 1. The fourth-order valence-electron chi connectivity index (χ4n) is 4.64. The summed E-state index contributed by atoms with van der Waals surface area (Å²) >= 11 is 0. The Labute approximate surface area is 213 Å². The van der Waals surface area contributed by atoms with Crippen LogP contribution in [-0.2, 0) is 32.5 Å². The van der Waals surface area contributed by atoms with Crippen molar-refractivity contribution in [3.05, 3.63) is 47.5 Å². The molecular weight excluding hydrogens is 482 g/mol. The maximum absolute atomic E-state index is 13.6. The third-order valence-electron chi connectivity index (χ3n) is 6.50. The Morgan fingerprint density at radius 1 is 1.03 bits per heavy atom. The predicted octanol–water partition coefficient (Wildman–Crippen LogP) is 3.04. The highest BCUT2D eigenvalue weighted by atomic mass is 32.2. The van der Waals surface area contributed by atoms with Crippen LogP contribution in [0, 0.1) is 0 Å². The van der Waals surface area contributed by atoms with E-state index in [9.17, 15) is 13.2 Å². The molecule has 2 aromatic carbocycles. The van der Waals surface area contributed by atoms with Gasteiger partial charge in [0, 0.05) is 31.8 Å². The van der Waals surface area contributed by atoms with Gasteiger partial charge in [0.2, 0.25) is 15.9 Å². The number of anilines is 2. The van der Waals surface area contributed by atoms with Crippen molar-refractivity contribution in [3.8, 4) is 11.5 Å². The number of nitrogens with one attached hydrogen (secondary N) is 1. The molecule has 0 aliphatic carbocycles. The third kappa shape index (κ3) is 5.61. The molecule has 0 spiro atoms. The lowest BCUT2D eigenvalue weighted by atomic mass is 9.95. The van der Waals surface area contributed by atoms with Crippen LogP contribution >= 0.6 is 0 Å². The first-order chi connectivity index (χ1) is 17.4. The van der Waals surface area contributed by atoms with Crippen molar-refractivity contribution in [2.75, 3.05) is 55.5 Å². The largest absolute Gasteiger partial charge is 0.492 e. The van der Waals surface area contributed by atoms with Crippen LogP contribution in [-0.4, -0.2) is 69.9 Å². The molecule has 1 amide bonds. The van der Waals surface area contributed by atoms with Crippen LogP contribution in [0.15, 0.2) is 36.4 Å². The van der Waals surface area contributed by atoms with E-state index in [0.717, 1.165) is 29.9 Å². The predicted molar refractivity (Wildman–Crippen MR) is 139 cm³/mol. The van der Waals surface area contributed by atoms with E-state index in [4.69, 9.17) is 14.2 Å². The van der Waals surface area contributed by atoms with Gasteiger partial charge in [0.15, 0.2) is 0 Å². The van der Waals surface area contributed by atoms with Gasteiger partial charge in [-0.15, -0.1) is 0 Å². The van der Waals surface area contributed by atoms with Gasteiger partial charge in [-0.25, -0.2) is 8.42 Å². The first kappa shape index (κ1) is 26.2. The van der Waals surface area contributed by atoms with Gasteiger partial charge in [0.25, 0.3) is 0 Å². The SMILES string of the molecule is CCOc1cc(N2CCOCC2)c(OCC)cc1NC(=O)C1Cc2ccccc2CN1S(=O)(=O)CC. The Morgan fingerprint density at radius 3 is 2.36 bits per heavy atom. The first-order valence-electron chi connectivity index (χ1n) is 12.5. The molecule has 4 rings (SSSR count). The lowest BCUT2D eigenvalue weighted by Gasteiger charge is -2.35. The monoisotopic (exact) mass is 517 g/mol. The molecule has 2 aromatic rings. The average molecular weight is 518 g/mol. The van der Waals surface area contributed by atoms with Crippen molar-refractivity contribution in [2.24, 2.45) is 0 Å². The summed E-state index contributed by atoms with van der Waals surface area (Å²) in [6, 6.07) is 10.4. The van der Waals surface area contributed by atoms with E-state index in [1.54, 1.807) is 13.0 Å². The number of hydrogen-bond acceptors (Lipinski definition) is 7. The van der Waals surface area contributed by atoms with Crippen molar-refractivity contribution in [3.63, 3.8) is 0 Å². The minimum Gasteiger partial charge on any atom is -0.492 e. The quantitative estimate of drug-likeness (QED) is 0.546. The number of carbonyl (C=O) groups excluding carboxylic acids is 1. The van der Waals surface area contributed by atoms with Crippen molar-refractivity contribution >= 4 is 27.3 Å². The normalized spacial score (nSPS) is 18.4. The summed E-state index contributed by atoms with van der Waals surface area (Å²) in [6.07, 6.45) is 0.301. The topological polar surface area (TPSA) is 97.4 Å². The summed E-state index contributed by atoms with van der Waals surface area (Å²) in [4.78, 5) is 15.8. The lowest BCUT2D eigenvalue weighted by molar-refractivity contribution is -0.120. The fraction of sp³-hybridized carbons (Fsp3) is 0.500. The Kier molecular flexibility index (Phi) is 8.38. The molecule has 1 atom stereocenters. The van der Waals surface area contributed by atoms with E-state index < -0.39 is 22.0 Å². The summed E-state index contributed by atoms with van der Waals surface area (Å²) in [5.41, 5.74) is 3.23. The molecule has 2 aliphatic rings. The molecule has 1 unspecified atom stereocenters. The van der Waals surface area contributed by atoms with Crippen molar-refractivity contribution < 1.29 is 27.4 Å². The molecule has 9 nitrogen and oxygen atoms in total. The van der Waals surface area contributed by atoms with E-state index in [0.29, 0.717) is 50.0 Å². The second-order valence-corrected chi connectivity index (χ2v) is 10.9. The number of morpholine rings is 1. The van der Waals surface area contributed by atoms with Gasteiger partial charge in [-0.05, 0) is 38.3 Å².